The third-order valence-corrected chi connectivity index (χ3v) is 8.35. The Morgan fingerprint density at radius 2 is 1.77 bits per heavy atom. The van der Waals surface area contributed by atoms with Crippen molar-refractivity contribution in [3.63, 3.8) is 0 Å². The van der Waals surface area contributed by atoms with Crippen molar-refractivity contribution in [2.45, 2.75) is 37.5 Å². The highest BCUT2D eigenvalue weighted by atomic mass is 35.5. The Bertz CT molecular complexity index is 1010. The van der Waals surface area contributed by atoms with Crippen LogP contribution in [0.2, 0.25) is 4.34 Å². The van der Waals surface area contributed by atoms with Crippen molar-refractivity contribution in [1.29, 1.82) is 0 Å². The molecule has 2 aromatic rings. The maximum absolute atomic E-state index is 12.9. The van der Waals surface area contributed by atoms with Crippen molar-refractivity contribution in [3.8, 4) is 0 Å². The minimum atomic E-state index is -3.60. The van der Waals surface area contributed by atoms with Gasteiger partial charge in [0.25, 0.3) is 0 Å². The van der Waals surface area contributed by atoms with E-state index < -0.39 is 21.9 Å². The number of carbonyl (C=O) groups is 2. The molecular formula is C21H24ClNO5S2. The molecule has 30 heavy (non-hydrogen) atoms. The molecule has 0 N–H and O–H groups in total. The highest BCUT2D eigenvalue weighted by molar-refractivity contribution is 7.89. The molecule has 0 atom stereocenters. The highest BCUT2D eigenvalue weighted by Crippen LogP contribution is 2.26. The second kappa shape index (κ2) is 9.60. The van der Waals surface area contributed by atoms with Crippen LogP contribution in [0.4, 0.5) is 0 Å². The normalized spacial score (nSPS) is 16.0. The van der Waals surface area contributed by atoms with Gasteiger partial charge in [0.1, 0.15) is 0 Å². The van der Waals surface area contributed by atoms with Crippen LogP contribution in [0.15, 0.2) is 41.3 Å². The number of rotatable bonds is 7. The van der Waals surface area contributed by atoms with E-state index in [2.05, 4.69) is 13.8 Å². The molecule has 0 bridgehead atoms. The van der Waals surface area contributed by atoms with Crippen molar-refractivity contribution < 1.29 is 22.7 Å². The summed E-state index contributed by atoms with van der Waals surface area (Å²) in [6, 6.07) is 10.1. The lowest BCUT2D eigenvalue weighted by Gasteiger charge is -2.30. The smallest absolute Gasteiger partial charge is 0.309 e. The second-order valence-corrected chi connectivity index (χ2v) is 11.2. The average molecular weight is 470 g/mol. The first-order valence-corrected chi connectivity index (χ1v) is 12.4. The van der Waals surface area contributed by atoms with E-state index in [9.17, 15) is 18.0 Å². The predicted molar refractivity (Wildman–Crippen MR) is 117 cm³/mol. The summed E-state index contributed by atoms with van der Waals surface area (Å²) in [7, 11) is -3.60. The van der Waals surface area contributed by atoms with Crippen LogP contribution in [0, 0.1) is 5.92 Å². The van der Waals surface area contributed by atoms with Gasteiger partial charge in [0, 0.05) is 13.1 Å². The van der Waals surface area contributed by atoms with E-state index in [0.29, 0.717) is 28.0 Å². The molecule has 6 nitrogen and oxygen atoms in total. The number of sulfonamides is 1. The Morgan fingerprint density at radius 3 is 2.30 bits per heavy atom. The monoisotopic (exact) mass is 469 g/mol. The predicted octanol–water partition coefficient (Wildman–Crippen LogP) is 4.35. The Balaban J connectivity index is 1.53. The van der Waals surface area contributed by atoms with Gasteiger partial charge in [-0.15, -0.1) is 11.3 Å². The number of ketones is 1. The molecule has 1 aliphatic rings. The molecular weight excluding hydrogens is 446 g/mol. The zero-order valence-corrected chi connectivity index (χ0v) is 19.2. The van der Waals surface area contributed by atoms with Gasteiger partial charge in [-0.1, -0.05) is 37.6 Å². The van der Waals surface area contributed by atoms with Crippen LogP contribution < -0.4 is 0 Å². The van der Waals surface area contributed by atoms with Crippen molar-refractivity contribution in [1.82, 2.24) is 4.31 Å². The number of ether oxygens (including phenoxy) is 1. The molecule has 0 radical (unpaired) electrons. The van der Waals surface area contributed by atoms with E-state index >= 15 is 0 Å². The fourth-order valence-electron chi connectivity index (χ4n) is 3.30. The molecule has 0 aliphatic carbocycles. The van der Waals surface area contributed by atoms with Gasteiger partial charge < -0.3 is 4.74 Å². The molecule has 0 unspecified atom stereocenters. The summed E-state index contributed by atoms with van der Waals surface area (Å²) in [5.41, 5.74) is 1.08. The molecule has 3 rings (SSSR count). The number of esters is 1. The third kappa shape index (κ3) is 5.29. The summed E-state index contributed by atoms with van der Waals surface area (Å²) in [6.45, 7) is 4.24. The molecule has 1 fully saturated rings. The largest absolute Gasteiger partial charge is 0.457 e. The number of piperidine rings is 1. The van der Waals surface area contributed by atoms with E-state index in [1.165, 1.54) is 4.31 Å². The minimum Gasteiger partial charge on any atom is -0.457 e. The number of Topliss-reactive ketones (excluding diaryl/α,β-unsaturated/α-hetero) is 1. The summed E-state index contributed by atoms with van der Waals surface area (Å²) in [5, 5.41) is 0. The first-order valence-electron chi connectivity index (χ1n) is 9.73. The molecule has 1 saturated heterocycles. The number of thiophene rings is 1. The third-order valence-electron chi connectivity index (χ3n) is 5.17. The van der Waals surface area contributed by atoms with Gasteiger partial charge in [0.2, 0.25) is 15.8 Å². The van der Waals surface area contributed by atoms with Crippen molar-refractivity contribution in [3.05, 3.63) is 51.2 Å². The van der Waals surface area contributed by atoms with Crippen LogP contribution in [0.5, 0.6) is 0 Å². The van der Waals surface area contributed by atoms with E-state index in [1.807, 2.05) is 12.1 Å². The molecule has 0 amide bonds. The molecule has 1 aromatic carbocycles. The van der Waals surface area contributed by atoms with Gasteiger partial charge in [0.15, 0.2) is 6.61 Å². The van der Waals surface area contributed by atoms with Gasteiger partial charge >= 0.3 is 5.97 Å². The molecule has 0 spiro atoms. The summed E-state index contributed by atoms with van der Waals surface area (Å²) in [6.07, 6.45) is 0.725. The fraction of sp³-hybridized carbons (Fsp3) is 0.429. The lowest BCUT2D eigenvalue weighted by Crippen LogP contribution is -2.40. The standard InChI is InChI=1S/C21H24ClNO5S2/c1-14(2)15-3-5-17(6-4-15)30(26,27)23-11-9-16(10-12-23)21(25)28-13-18(24)19-7-8-20(22)29-19/h3-8,14,16H,9-13H2,1-2H3. The summed E-state index contributed by atoms with van der Waals surface area (Å²) in [4.78, 5) is 25.0. The van der Waals surface area contributed by atoms with Crippen molar-refractivity contribution in [2.24, 2.45) is 5.92 Å². The number of hydrogen-bond donors (Lipinski definition) is 0. The van der Waals surface area contributed by atoms with E-state index in [1.54, 1.807) is 24.3 Å². The molecule has 162 valence electrons. The van der Waals surface area contributed by atoms with Crippen LogP contribution in [0.1, 0.15) is 47.8 Å². The van der Waals surface area contributed by atoms with E-state index in [-0.39, 0.29) is 30.4 Å². The van der Waals surface area contributed by atoms with Crippen LogP contribution in [0.3, 0.4) is 0 Å². The van der Waals surface area contributed by atoms with Crippen molar-refractivity contribution >= 4 is 44.7 Å². The molecule has 9 heteroatoms. The number of nitrogens with zero attached hydrogens (tertiary/aromatic N) is 1. The molecule has 1 aliphatic heterocycles. The van der Waals surface area contributed by atoms with Crippen LogP contribution in [-0.2, 0) is 19.6 Å². The zero-order valence-electron chi connectivity index (χ0n) is 16.8. The summed E-state index contributed by atoms with van der Waals surface area (Å²) in [5.74, 6) is -0.860. The maximum atomic E-state index is 12.9. The number of carbonyl (C=O) groups excluding carboxylic acids is 2. The Kier molecular flexibility index (Phi) is 7.34. The molecule has 0 saturated carbocycles. The van der Waals surface area contributed by atoms with Crippen molar-refractivity contribution in [2.75, 3.05) is 19.7 Å². The summed E-state index contributed by atoms with van der Waals surface area (Å²) >= 11 is 6.95. The zero-order chi connectivity index (χ0) is 21.9. The van der Waals surface area contributed by atoms with Crippen LogP contribution in [0.25, 0.3) is 0 Å². The minimum absolute atomic E-state index is 0.239. The van der Waals surface area contributed by atoms with E-state index in [4.69, 9.17) is 16.3 Å². The second-order valence-electron chi connectivity index (χ2n) is 7.54. The number of hydrogen-bond acceptors (Lipinski definition) is 6. The fourth-order valence-corrected chi connectivity index (χ4v) is 5.73. The van der Waals surface area contributed by atoms with Gasteiger partial charge in [0.05, 0.1) is 20.0 Å². The molecule has 1 aromatic heterocycles. The topological polar surface area (TPSA) is 80.8 Å². The Labute approximate surface area is 185 Å². The first-order chi connectivity index (χ1) is 14.2. The SMILES string of the molecule is CC(C)c1ccc(S(=O)(=O)N2CCC(C(=O)OCC(=O)c3ccc(Cl)s3)CC2)cc1. The van der Waals surface area contributed by atoms with Crippen LogP contribution in [-0.4, -0.2) is 44.2 Å². The van der Waals surface area contributed by atoms with Crippen LogP contribution >= 0.6 is 22.9 Å². The number of halogens is 1. The Morgan fingerprint density at radius 1 is 1.13 bits per heavy atom. The van der Waals surface area contributed by atoms with Gasteiger partial charge in [-0.25, -0.2) is 8.42 Å². The van der Waals surface area contributed by atoms with Gasteiger partial charge in [-0.05, 0) is 48.6 Å². The lowest BCUT2D eigenvalue weighted by atomic mass is 9.98. The van der Waals surface area contributed by atoms with Gasteiger partial charge in [-0.3, -0.25) is 9.59 Å². The van der Waals surface area contributed by atoms with Gasteiger partial charge in [-0.2, -0.15) is 4.31 Å². The molecule has 2 heterocycles. The summed E-state index contributed by atoms with van der Waals surface area (Å²) < 4.78 is 32.8. The Hall–Kier alpha value is -1.74. The first kappa shape index (κ1) is 22.9. The van der Waals surface area contributed by atoms with E-state index in [0.717, 1.165) is 16.9 Å². The number of benzene rings is 1. The average Bonchev–Trinajstić information content (AvgIpc) is 3.18. The maximum Gasteiger partial charge on any atom is 0.309 e. The lowest BCUT2D eigenvalue weighted by molar-refractivity contribution is -0.148. The quantitative estimate of drug-likeness (QED) is 0.444. The highest BCUT2D eigenvalue weighted by Gasteiger charge is 2.33.